The maximum absolute atomic E-state index is 5.98. The lowest BCUT2D eigenvalue weighted by Gasteiger charge is -2.21. The second kappa shape index (κ2) is 6.26. The van der Waals surface area contributed by atoms with Gasteiger partial charge in [-0.3, -0.25) is 9.67 Å². The van der Waals surface area contributed by atoms with Crippen LogP contribution in [0, 0.1) is 0 Å². The SMILES string of the molecule is CCc1nn(CC)c(CN(C)c2ccncc2N)c1Br. The highest BCUT2D eigenvalue weighted by molar-refractivity contribution is 9.10. The van der Waals surface area contributed by atoms with E-state index in [1.807, 2.05) is 17.8 Å². The first-order valence-corrected chi connectivity index (χ1v) is 7.52. The van der Waals surface area contributed by atoms with Crippen LogP contribution in [0.15, 0.2) is 22.9 Å². The van der Waals surface area contributed by atoms with Crippen LogP contribution >= 0.6 is 15.9 Å². The molecule has 2 rings (SSSR count). The predicted molar refractivity (Wildman–Crippen MR) is 85.7 cm³/mol. The van der Waals surface area contributed by atoms with Crippen LogP contribution in [0.4, 0.5) is 11.4 Å². The van der Waals surface area contributed by atoms with Crippen molar-refractivity contribution in [3.05, 3.63) is 34.3 Å². The number of hydrogen-bond acceptors (Lipinski definition) is 4. The molecule has 0 aromatic carbocycles. The second-order valence-electron chi connectivity index (χ2n) is 4.67. The highest BCUT2D eigenvalue weighted by Gasteiger charge is 2.16. The largest absolute Gasteiger partial charge is 0.396 e. The van der Waals surface area contributed by atoms with Crippen molar-refractivity contribution in [3.8, 4) is 0 Å². The van der Waals surface area contributed by atoms with E-state index in [0.717, 1.165) is 35.4 Å². The summed E-state index contributed by atoms with van der Waals surface area (Å²) in [5.41, 5.74) is 9.91. The number of rotatable bonds is 5. The predicted octanol–water partition coefficient (Wildman–Crippen LogP) is 2.84. The molecule has 0 spiro atoms. The molecule has 2 aromatic rings. The van der Waals surface area contributed by atoms with Gasteiger partial charge < -0.3 is 10.6 Å². The summed E-state index contributed by atoms with van der Waals surface area (Å²) in [4.78, 5) is 6.14. The number of halogens is 1. The van der Waals surface area contributed by atoms with Gasteiger partial charge in [0.25, 0.3) is 0 Å². The summed E-state index contributed by atoms with van der Waals surface area (Å²) in [6, 6.07) is 1.93. The molecule has 0 fully saturated rings. The van der Waals surface area contributed by atoms with E-state index < -0.39 is 0 Å². The number of nitrogens with two attached hydrogens (primary N) is 1. The number of aromatic nitrogens is 3. The van der Waals surface area contributed by atoms with Gasteiger partial charge >= 0.3 is 0 Å². The fourth-order valence-corrected chi connectivity index (χ4v) is 2.91. The molecule has 0 aliphatic carbocycles. The first kappa shape index (κ1) is 14.8. The van der Waals surface area contributed by atoms with Crippen LogP contribution in [-0.2, 0) is 19.5 Å². The first-order chi connectivity index (χ1) is 9.58. The van der Waals surface area contributed by atoms with Crippen molar-refractivity contribution >= 4 is 27.3 Å². The Morgan fingerprint density at radius 1 is 1.40 bits per heavy atom. The number of anilines is 2. The van der Waals surface area contributed by atoms with Crippen LogP contribution in [0.1, 0.15) is 25.2 Å². The Morgan fingerprint density at radius 2 is 2.15 bits per heavy atom. The summed E-state index contributed by atoms with van der Waals surface area (Å²) in [6.07, 6.45) is 4.35. The van der Waals surface area contributed by atoms with Crippen molar-refractivity contribution in [2.45, 2.75) is 33.4 Å². The number of pyridine rings is 1. The maximum Gasteiger partial charge on any atom is 0.0767 e. The monoisotopic (exact) mass is 337 g/mol. The molecule has 0 bridgehead atoms. The van der Waals surface area contributed by atoms with Gasteiger partial charge in [-0.15, -0.1) is 0 Å². The standard InChI is InChI=1S/C14H20BrN5/c1-4-11-14(15)13(20(5-2)18-11)9-19(3)12-6-7-17-8-10(12)16/h6-8H,4-5,9,16H2,1-3H3. The molecule has 0 aliphatic rings. The van der Waals surface area contributed by atoms with Gasteiger partial charge in [0.2, 0.25) is 0 Å². The molecule has 0 aliphatic heterocycles. The van der Waals surface area contributed by atoms with Crippen molar-refractivity contribution in [1.82, 2.24) is 14.8 Å². The normalized spacial score (nSPS) is 10.8. The highest BCUT2D eigenvalue weighted by Crippen LogP contribution is 2.27. The quantitative estimate of drug-likeness (QED) is 0.911. The number of aryl methyl sites for hydroxylation is 2. The van der Waals surface area contributed by atoms with Gasteiger partial charge in [0, 0.05) is 19.8 Å². The minimum atomic E-state index is 0.685. The molecule has 2 aromatic heterocycles. The average molecular weight is 338 g/mol. The summed E-state index contributed by atoms with van der Waals surface area (Å²) < 4.78 is 3.14. The van der Waals surface area contributed by atoms with Crippen LogP contribution < -0.4 is 10.6 Å². The minimum Gasteiger partial charge on any atom is -0.396 e. The van der Waals surface area contributed by atoms with Crippen LogP contribution in [0.25, 0.3) is 0 Å². The van der Waals surface area contributed by atoms with E-state index in [9.17, 15) is 0 Å². The first-order valence-electron chi connectivity index (χ1n) is 6.73. The second-order valence-corrected chi connectivity index (χ2v) is 5.46. The van der Waals surface area contributed by atoms with E-state index in [2.05, 4.69) is 44.8 Å². The number of nitrogen functional groups attached to an aromatic ring is 1. The molecule has 0 saturated carbocycles. The molecule has 0 radical (unpaired) electrons. The Kier molecular flexibility index (Phi) is 4.65. The summed E-state index contributed by atoms with van der Waals surface area (Å²) >= 11 is 3.67. The van der Waals surface area contributed by atoms with Gasteiger partial charge in [-0.1, -0.05) is 6.92 Å². The van der Waals surface area contributed by atoms with E-state index in [0.29, 0.717) is 5.69 Å². The van der Waals surface area contributed by atoms with Crippen LogP contribution in [0.5, 0.6) is 0 Å². The van der Waals surface area contributed by atoms with Gasteiger partial charge in [0.1, 0.15) is 0 Å². The summed E-state index contributed by atoms with van der Waals surface area (Å²) in [5, 5.41) is 4.62. The minimum absolute atomic E-state index is 0.685. The van der Waals surface area contributed by atoms with Crippen molar-refractivity contribution in [2.24, 2.45) is 0 Å². The summed E-state index contributed by atoms with van der Waals surface area (Å²) in [6.45, 7) is 5.81. The van der Waals surface area contributed by atoms with E-state index in [1.54, 1.807) is 12.4 Å². The molecule has 0 saturated heterocycles. The lowest BCUT2D eigenvalue weighted by Crippen LogP contribution is -2.20. The Hall–Kier alpha value is -1.56. The number of hydrogen-bond donors (Lipinski definition) is 1. The Bertz CT molecular complexity index is 593. The van der Waals surface area contributed by atoms with E-state index in [1.165, 1.54) is 5.69 Å². The van der Waals surface area contributed by atoms with E-state index in [4.69, 9.17) is 5.73 Å². The molecule has 2 heterocycles. The zero-order valence-electron chi connectivity index (χ0n) is 12.1. The third-order valence-corrected chi connectivity index (χ3v) is 4.24. The van der Waals surface area contributed by atoms with Crippen molar-refractivity contribution < 1.29 is 0 Å². The molecule has 20 heavy (non-hydrogen) atoms. The van der Waals surface area contributed by atoms with Crippen molar-refractivity contribution in [3.63, 3.8) is 0 Å². The molecule has 2 N–H and O–H groups in total. The van der Waals surface area contributed by atoms with Gasteiger partial charge in [-0.2, -0.15) is 5.10 Å². The van der Waals surface area contributed by atoms with Gasteiger partial charge in [-0.25, -0.2) is 0 Å². The lowest BCUT2D eigenvalue weighted by atomic mass is 10.2. The van der Waals surface area contributed by atoms with E-state index >= 15 is 0 Å². The molecule has 6 heteroatoms. The van der Waals surface area contributed by atoms with Crippen LogP contribution in [-0.4, -0.2) is 21.8 Å². The zero-order chi connectivity index (χ0) is 14.7. The molecule has 0 atom stereocenters. The van der Waals surface area contributed by atoms with Gasteiger partial charge in [-0.05, 0) is 35.3 Å². The summed E-state index contributed by atoms with van der Waals surface area (Å²) in [5.74, 6) is 0. The molecular formula is C14H20BrN5. The van der Waals surface area contributed by atoms with E-state index in [-0.39, 0.29) is 0 Å². The summed E-state index contributed by atoms with van der Waals surface area (Å²) in [7, 11) is 2.02. The molecular weight excluding hydrogens is 318 g/mol. The fraction of sp³-hybridized carbons (Fsp3) is 0.429. The highest BCUT2D eigenvalue weighted by atomic mass is 79.9. The number of nitrogens with zero attached hydrogens (tertiary/aromatic N) is 4. The van der Waals surface area contributed by atoms with Gasteiger partial charge in [0.05, 0.1) is 40.0 Å². The smallest absolute Gasteiger partial charge is 0.0767 e. The topological polar surface area (TPSA) is 60.0 Å². The molecule has 5 nitrogen and oxygen atoms in total. The van der Waals surface area contributed by atoms with Gasteiger partial charge in [0.15, 0.2) is 0 Å². The van der Waals surface area contributed by atoms with Crippen LogP contribution in [0.3, 0.4) is 0 Å². The average Bonchev–Trinajstić information content (AvgIpc) is 2.75. The maximum atomic E-state index is 5.98. The van der Waals surface area contributed by atoms with Crippen molar-refractivity contribution in [1.29, 1.82) is 0 Å². The lowest BCUT2D eigenvalue weighted by molar-refractivity contribution is 0.609. The Balaban J connectivity index is 2.30. The van der Waals surface area contributed by atoms with Crippen molar-refractivity contribution in [2.75, 3.05) is 17.7 Å². The third kappa shape index (κ3) is 2.80. The Labute approximate surface area is 127 Å². The molecule has 0 unspecified atom stereocenters. The third-order valence-electron chi connectivity index (χ3n) is 3.32. The zero-order valence-corrected chi connectivity index (χ0v) is 13.7. The van der Waals surface area contributed by atoms with Crippen LogP contribution in [0.2, 0.25) is 0 Å². The fourth-order valence-electron chi connectivity index (χ4n) is 2.23. The molecule has 0 amide bonds. The Morgan fingerprint density at radius 3 is 2.75 bits per heavy atom. The molecule has 108 valence electrons.